The predicted octanol–water partition coefficient (Wildman–Crippen LogP) is 3.21. The first kappa shape index (κ1) is 19.8. The van der Waals surface area contributed by atoms with Gasteiger partial charge in [-0.05, 0) is 52.9 Å². The van der Waals surface area contributed by atoms with Gasteiger partial charge in [0.2, 0.25) is 10.0 Å². The zero-order valence-electron chi connectivity index (χ0n) is 14.7. The van der Waals surface area contributed by atoms with Gasteiger partial charge >= 0.3 is 5.97 Å². The summed E-state index contributed by atoms with van der Waals surface area (Å²) in [5, 5.41) is 0. The number of ether oxygens (including phenoxy) is 2. The number of halogens is 1. The number of rotatable bonds is 5. The van der Waals surface area contributed by atoms with Gasteiger partial charge in [0.1, 0.15) is 0 Å². The molecule has 0 aromatic heterocycles. The second-order valence-electron chi connectivity index (χ2n) is 6.76. The topological polar surface area (TPSA) is 72.9 Å². The van der Waals surface area contributed by atoms with E-state index >= 15 is 0 Å². The number of sulfonamides is 1. The van der Waals surface area contributed by atoms with E-state index in [1.165, 1.54) is 29.6 Å². The molecule has 1 saturated heterocycles. The average Bonchev–Trinajstić information content (AvgIpc) is 2.68. The third-order valence-corrected chi connectivity index (χ3v) is 7.82. The van der Waals surface area contributed by atoms with Gasteiger partial charge in [-0.2, -0.15) is 4.31 Å². The number of esters is 1. The Hall–Kier alpha value is -0.960. The van der Waals surface area contributed by atoms with Crippen molar-refractivity contribution in [2.45, 2.75) is 37.0 Å². The van der Waals surface area contributed by atoms with Crippen molar-refractivity contribution in [1.82, 2.24) is 4.31 Å². The summed E-state index contributed by atoms with van der Waals surface area (Å²) in [5.41, 5.74) is 0.260. The van der Waals surface area contributed by atoms with Crippen LogP contribution in [0.2, 0.25) is 0 Å². The van der Waals surface area contributed by atoms with Crippen LogP contribution in [0.4, 0.5) is 0 Å². The van der Waals surface area contributed by atoms with Crippen molar-refractivity contribution >= 4 is 31.9 Å². The number of morpholine rings is 1. The lowest BCUT2D eigenvalue weighted by molar-refractivity contribution is 0.0410. The van der Waals surface area contributed by atoms with Gasteiger partial charge in [0.15, 0.2) is 0 Å². The van der Waals surface area contributed by atoms with Crippen LogP contribution in [0.25, 0.3) is 0 Å². The van der Waals surface area contributed by atoms with Crippen molar-refractivity contribution in [1.29, 1.82) is 0 Å². The average molecular weight is 446 g/mol. The summed E-state index contributed by atoms with van der Waals surface area (Å²) in [4.78, 5) is 12.5. The quantitative estimate of drug-likeness (QED) is 0.650. The Bertz CT molecular complexity index is 740. The van der Waals surface area contributed by atoms with E-state index in [4.69, 9.17) is 9.47 Å². The third kappa shape index (κ3) is 4.65. The molecule has 6 nitrogen and oxygen atoms in total. The number of carbonyl (C=O) groups excluding carboxylic acids is 1. The fourth-order valence-electron chi connectivity index (χ4n) is 3.38. The van der Waals surface area contributed by atoms with E-state index in [-0.39, 0.29) is 10.5 Å². The predicted molar refractivity (Wildman–Crippen MR) is 101 cm³/mol. The molecule has 1 aromatic rings. The largest absolute Gasteiger partial charge is 0.462 e. The van der Waals surface area contributed by atoms with Crippen LogP contribution in [0.15, 0.2) is 27.6 Å². The van der Waals surface area contributed by atoms with Crippen molar-refractivity contribution in [3.8, 4) is 0 Å². The van der Waals surface area contributed by atoms with Crippen molar-refractivity contribution in [2.24, 2.45) is 5.92 Å². The Morgan fingerprint density at radius 1 is 1.19 bits per heavy atom. The molecular formula is C18H24BrNO5S. The van der Waals surface area contributed by atoms with E-state index in [9.17, 15) is 13.2 Å². The minimum absolute atomic E-state index is 0.0894. The van der Waals surface area contributed by atoms with Crippen LogP contribution in [0.5, 0.6) is 0 Å². The first-order chi connectivity index (χ1) is 12.5. The highest BCUT2D eigenvalue weighted by atomic mass is 79.9. The summed E-state index contributed by atoms with van der Waals surface area (Å²) in [6, 6.07) is 4.58. The van der Waals surface area contributed by atoms with Crippen LogP contribution in [0, 0.1) is 5.92 Å². The summed E-state index contributed by atoms with van der Waals surface area (Å²) in [5.74, 6) is -0.0544. The van der Waals surface area contributed by atoms with Crippen LogP contribution in [0.3, 0.4) is 0 Å². The first-order valence-electron chi connectivity index (χ1n) is 9.03. The van der Waals surface area contributed by atoms with E-state index in [2.05, 4.69) is 15.9 Å². The lowest BCUT2D eigenvalue weighted by Crippen LogP contribution is -2.40. The van der Waals surface area contributed by atoms with Crippen LogP contribution >= 0.6 is 15.9 Å². The molecule has 0 unspecified atom stereocenters. The second kappa shape index (κ2) is 8.82. The number of hydrogen-bond acceptors (Lipinski definition) is 5. The van der Waals surface area contributed by atoms with Crippen LogP contribution in [0.1, 0.15) is 42.5 Å². The monoisotopic (exact) mass is 445 g/mol. The van der Waals surface area contributed by atoms with Gasteiger partial charge in [-0.3, -0.25) is 0 Å². The van der Waals surface area contributed by atoms with Crippen LogP contribution in [-0.2, 0) is 19.5 Å². The Balaban J connectivity index is 1.73. The summed E-state index contributed by atoms with van der Waals surface area (Å²) in [6.45, 7) is 1.77. The summed E-state index contributed by atoms with van der Waals surface area (Å²) in [7, 11) is -3.69. The lowest BCUT2D eigenvalue weighted by Gasteiger charge is -2.26. The molecule has 0 spiro atoms. The van der Waals surface area contributed by atoms with Crippen molar-refractivity contribution < 1.29 is 22.7 Å². The smallest absolute Gasteiger partial charge is 0.338 e. The number of nitrogens with zero attached hydrogens (tertiary/aromatic N) is 1. The number of benzene rings is 1. The molecule has 1 aromatic carbocycles. The highest BCUT2D eigenvalue weighted by Crippen LogP contribution is 2.28. The van der Waals surface area contributed by atoms with E-state index in [1.807, 2.05) is 0 Å². The molecule has 0 N–H and O–H groups in total. The SMILES string of the molecule is O=C(OCC1CCCCC1)c1ccc(Br)c(S(=O)(=O)N2CCOCC2)c1. The Labute approximate surface area is 163 Å². The van der Waals surface area contributed by atoms with Gasteiger partial charge in [-0.1, -0.05) is 19.3 Å². The molecule has 2 aliphatic rings. The Kier molecular flexibility index (Phi) is 6.71. The molecule has 1 saturated carbocycles. The van der Waals surface area contributed by atoms with Crippen molar-refractivity contribution in [2.75, 3.05) is 32.9 Å². The highest BCUT2D eigenvalue weighted by molar-refractivity contribution is 9.10. The van der Waals surface area contributed by atoms with Gasteiger partial charge in [0, 0.05) is 17.6 Å². The van der Waals surface area contributed by atoms with E-state index in [0.717, 1.165) is 12.8 Å². The maximum absolute atomic E-state index is 12.9. The van der Waals surface area contributed by atoms with Gasteiger partial charge in [-0.25, -0.2) is 13.2 Å². The molecule has 8 heteroatoms. The summed E-state index contributed by atoms with van der Waals surface area (Å²) >= 11 is 3.29. The van der Waals surface area contributed by atoms with Gasteiger partial charge in [-0.15, -0.1) is 0 Å². The molecule has 2 fully saturated rings. The van der Waals surface area contributed by atoms with Crippen LogP contribution < -0.4 is 0 Å². The van der Waals surface area contributed by atoms with E-state index in [1.54, 1.807) is 12.1 Å². The third-order valence-electron chi connectivity index (χ3n) is 4.93. The normalized spacial score (nSPS) is 20.0. The summed E-state index contributed by atoms with van der Waals surface area (Å²) < 4.78 is 38.2. The van der Waals surface area contributed by atoms with E-state index in [0.29, 0.717) is 43.3 Å². The van der Waals surface area contributed by atoms with Crippen molar-refractivity contribution in [3.05, 3.63) is 28.2 Å². The molecule has 3 rings (SSSR count). The molecule has 0 amide bonds. The molecule has 1 heterocycles. The zero-order chi connectivity index (χ0) is 18.6. The minimum atomic E-state index is -3.69. The van der Waals surface area contributed by atoms with Gasteiger partial charge < -0.3 is 9.47 Å². The molecule has 0 radical (unpaired) electrons. The molecule has 26 heavy (non-hydrogen) atoms. The maximum Gasteiger partial charge on any atom is 0.338 e. The molecule has 144 valence electrons. The standard InChI is InChI=1S/C18H24BrNO5S/c19-16-7-6-15(18(21)25-13-14-4-2-1-3-5-14)12-17(16)26(22,23)20-8-10-24-11-9-20/h6-7,12,14H,1-5,8-11,13H2. The van der Waals surface area contributed by atoms with E-state index < -0.39 is 16.0 Å². The van der Waals surface area contributed by atoms with Gasteiger partial charge in [0.25, 0.3) is 0 Å². The number of carbonyl (C=O) groups is 1. The highest BCUT2D eigenvalue weighted by Gasteiger charge is 2.29. The first-order valence-corrected chi connectivity index (χ1v) is 11.3. The van der Waals surface area contributed by atoms with Crippen molar-refractivity contribution in [3.63, 3.8) is 0 Å². The molecule has 0 atom stereocenters. The fourth-order valence-corrected chi connectivity index (χ4v) is 5.74. The Morgan fingerprint density at radius 2 is 1.88 bits per heavy atom. The fraction of sp³-hybridized carbons (Fsp3) is 0.611. The van der Waals surface area contributed by atoms with Gasteiger partial charge in [0.05, 0.1) is 30.3 Å². The second-order valence-corrected chi connectivity index (χ2v) is 9.52. The molecular weight excluding hydrogens is 422 g/mol. The van der Waals surface area contributed by atoms with Crippen LogP contribution in [-0.4, -0.2) is 51.6 Å². The lowest BCUT2D eigenvalue weighted by atomic mass is 9.90. The molecule has 0 bridgehead atoms. The molecule has 1 aliphatic heterocycles. The minimum Gasteiger partial charge on any atom is -0.462 e. The molecule has 1 aliphatic carbocycles. The zero-order valence-corrected chi connectivity index (χ0v) is 17.1. The Morgan fingerprint density at radius 3 is 2.58 bits per heavy atom. The maximum atomic E-state index is 12.9. The number of hydrogen-bond donors (Lipinski definition) is 0. The summed E-state index contributed by atoms with van der Waals surface area (Å²) in [6.07, 6.45) is 5.79.